The number of benzene rings is 2. The van der Waals surface area contributed by atoms with Gasteiger partial charge in [0.15, 0.2) is 0 Å². The molecule has 4 nitrogen and oxygen atoms in total. The highest BCUT2D eigenvalue weighted by atomic mass is 79.9. The summed E-state index contributed by atoms with van der Waals surface area (Å²) >= 11 is 3.40. The van der Waals surface area contributed by atoms with E-state index in [-0.39, 0.29) is 0 Å². The summed E-state index contributed by atoms with van der Waals surface area (Å²) in [6, 6.07) is 11.9. The molecule has 0 unspecified atom stereocenters. The molecule has 0 bridgehead atoms. The Morgan fingerprint density at radius 3 is 2.40 bits per heavy atom. The van der Waals surface area contributed by atoms with Crippen LogP contribution in [0.15, 0.2) is 46.9 Å². The van der Waals surface area contributed by atoms with E-state index in [0.717, 1.165) is 10.0 Å². The topological polar surface area (TPSA) is 72.6 Å². The number of carbonyl (C=O) groups is 1. The number of nitrogens with two attached hydrogens (primary N) is 1. The van der Waals surface area contributed by atoms with Gasteiger partial charge in [-0.25, -0.2) is 0 Å². The Labute approximate surface area is 125 Å². The summed E-state index contributed by atoms with van der Waals surface area (Å²) in [7, 11) is 0. The Balaban J connectivity index is 2.19. The van der Waals surface area contributed by atoms with Crippen molar-refractivity contribution in [2.45, 2.75) is 13.0 Å². The molecular formula is C15H14BrNO3. The average molecular weight is 336 g/mol. The van der Waals surface area contributed by atoms with Crippen molar-refractivity contribution < 1.29 is 14.6 Å². The minimum atomic E-state index is -0.532. The first-order valence-corrected chi connectivity index (χ1v) is 6.82. The molecule has 2 aromatic carbocycles. The lowest BCUT2D eigenvalue weighted by Gasteiger charge is -2.11. The second-order valence-corrected chi connectivity index (χ2v) is 5.21. The molecule has 1 amide bonds. The summed E-state index contributed by atoms with van der Waals surface area (Å²) in [6.07, 6.45) is -0.532. The molecule has 0 aliphatic carbocycles. The lowest BCUT2D eigenvalue weighted by atomic mass is 10.1. The van der Waals surface area contributed by atoms with Gasteiger partial charge < -0.3 is 15.6 Å². The first-order valence-electron chi connectivity index (χ1n) is 6.02. The van der Waals surface area contributed by atoms with Crippen LogP contribution in [-0.4, -0.2) is 11.0 Å². The van der Waals surface area contributed by atoms with E-state index in [0.29, 0.717) is 17.1 Å². The van der Waals surface area contributed by atoms with E-state index in [1.807, 2.05) is 0 Å². The fourth-order valence-corrected chi connectivity index (χ4v) is 2.15. The highest BCUT2D eigenvalue weighted by molar-refractivity contribution is 9.10. The fraction of sp³-hybridized carbons (Fsp3) is 0.133. The molecule has 0 aliphatic heterocycles. The van der Waals surface area contributed by atoms with Crippen LogP contribution < -0.4 is 10.5 Å². The van der Waals surface area contributed by atoms with Crippen molar-refractivity contribution in [2.24, 2.45) is 5.73 Å². The Morgan fingerprint density at radius 1 is 1.25 bits per heavy atom. The van der Waals surface area contributed by atoms with Crippen LogP contribution >= 0.6 is 15.9 Å². The quantitative estimate of drug-likeness (QED) is 0.899. The fourth-order valence-electron chi connectivity index (χ4n) is 1.67. The van der Waals surface area contributed by atoms with Crippen molar-refractivity contribution in [1.29, 1.82) is 0 Å². The Hall–Kier alpha value is -1.85. The Kier molecular flexibility index (Phi) is 4.42. The van der Waals surface area contributed by atoms with Gasteiger partial charge in [-0.05, 0) is 64.8 Å². The van der Waals surface area contributed by atoms with Crippen LogP contribution in [0.25, 0.3) is 0 Å². The van der Waals surface area contributed by atoms with Gasteiger partial charge in [-0.2, -0.15) is 0 Å². The molecule has 0 saturated heterocycles. The van der Waals surface area contributed by atoms with Gasteiger partial charge in [0.05, 0.1) is 10.6 Å². The molecule has 0 fully saturated rings. The molecule has 104 valence electrons. The van der Waals surface area contributed by atoms with Crippen molar-refractivity contribution in [3.63, 3.8) is 0 Å². The third-order valence-electron chi connectivity index (χ3n) is 2.80. The maximum atomic E-state index is 11.0. The lowest BCUT2D eigenvalue weighted by Crippen LogP contribution is -2.10. The third kappa shape index (κ3) is 3.37. The maximum absolute atomic E-state index is 11.0. The van der Waals surface area contributed by atoms with Crippen LogP contribution in [0.2, 0.25) is 0 Å². The monoisotopic (exact) mass is 335 g/mol. The van der Waals surface area contributed by atoms with Crippen molar-refractivity contribution >= 4 is 21.8 Å². The molecule has 0 saturated carbocycles. The van der Waals surface area contributed by atoms with Gasteiger partial charge >= 0.3 is 0 Å². The molecule has 2 aromatic rings. The second kappa shape index (κ2) is 6.07. The van der Waals surface area contributed by atoms with E-state index >= 15 is 0 Å². The molecule has 2 rings (SSSR count). The van der Waals surface area contributed by atoms with Crippen LogP contribution in [0.1, 0.15) is 28.9 Å². The lowest BCUT2D eigenvalue weighted by molar-refractivity contribution is 0.100. The number of hydrogen-bond donors (Lipinski definition) is 2. The van der Waals surface area contributed by atoms with E-state index in [1.54, 1.807) is 49.4 Å². The number of hydrogen-bond acceptors (Lipinski definition) is 3. The zero-order chi connectivity index (χ0) is 14.7. The van der Waals surface area contributed by atoms with Crippen molar-refractivity contribution in [2.75, 3.05) is 0 Å². The normalized spacial score (nSPS) is 11.9. The summed E-state index contributed by atoms with van der Waals surface area (Å²) < 4.78 is 6.44. The molecular weight excluding hydrogens is 322 g/mol. The highest BCUT2D eigenvalue weighted by Crippen LogP contribution is 2.32. The molecule has 20 heavy (non-hydrogen) atoms. The van der Waals surface area contributed by atoms with Crippen molar-refractivity contribution in [1.82, 2.24) is 0 Å². The Morgan fingerprint density at radius 2 is 1.90 bits per heavy atom. The van der Waals surface area contributed by atoms with E-state index in [2.05, 4.69) is 15.9 Å². The van der Waals surface area contributed by atoms with Crippen LogP contribution in [-0.2, 0) is 0 Å². The summed E-state index contributed by atoms with van der Waals surface area (Å²) in [5, 5.41) is 9.51. The highest BCUT2D eigenvalue weighted by Gasteiger charge is 2.08. The number of aliphatic hydroxyl groups excluding tert-OH is 1. The first kappa shape index (κ1) is 14.6. The zero-order valence-corrected chi connectivity index (χ0v) is 12.4. The molecule has 1 atom stereocenters. The van der Waals surface area contributed by atoms with E-state index in [9.17, 15) is 9.90 Å². The molecule has 0 spiro atoms. The minimum absolute atomic E-state index is 0.431. The predicted molar refractivity (Wildman–Crippen MR) is 79.8 cm³/mol. The predicted octanol–water partition coefficient (Wildman–Crippen LogP) is 3.39. The number of amides is 1. The summed E-state index contributed by atoms with van der Waals surface area (Å²) in [5.41, 5.74) is 6.41. The minimum Gasteiger partial charge on any atom is -0.456 e. The SMILES string of the molecule is C[C@@H](O)c1ccc(Oc2ccc(C(N)=O)cc2)c(Br)c1. The second-order valence-electron chi connectivity index (χ2n) is 4.36. The standard InChI is InChI=1S/C15H14BrNO3/c1-9(18)11-4-7-14(13(16)8-11)20-12-5-2-10(3-6-12)15(17)19/h2-9,18H,1H3,(H2,17,19)/t9-/m1/s1. The molecule has 5 heteroatoms. The number of rotatable bonds is 4. The third-order valence-corrected chi connectivity index (χ3v) is 3.42. The molecule has 0 aliphatic rings. The summed E-state index contributed by atoms with van der Waals surface area (Å²) in [5.74, 6) is 0.751. The van der Waals surface area contributed by atoms with E-state index in [1.165, 1.54) is 0 Å². The van der Waals surface area contributed by atoms with Gasteiger partial charge in [0, 0.05) is 5.56 Å². The molecule has 3 N–H and O–H groups in total. The maximum Gasteiger partial charge on any atom is 0.248 e. The molecule has 0 aromatic heterocycles. The van der Waals surface area contributed by atoms with E-state index in [4.69, 9.17) is 10.5 Å². The van der Waals surface area contributed by atoms with Gasteiger partial charge in [-0.15, -0.1) is 0 Å². The summed E-state index contributed by atoms with van der Waals surface area (Å²) in [6.45, 7) is 1.70. The van der Waals surface area contributed by atoms with Gasteiger partial charge in [0.2, 0.25) is 5.91 Å². The number of carbonyl (C=O) groups excluding carboxylic acids is 1. The summed E-state index contributed by atoms with van der Waals surface area (Å²) in [4.78, 5) is 11.0. The number of primary amides is 1. The Bertz CT molecular complexity index is 624. The van der Waals surface area contributed by atoms with Crippen LogP contribution in [0.4, 0.5) is 0 Å². The van der Waals surface area contributed by atoms with Gasteiger partial charge in [0.1, 0.15) is 11.5 Å². The number of halogens is 1. The zero-order valence-electron chi connectivity index (χ0n) is 10.8. The van der Waals surface area contributed by atoms with E-state index < -0.39 is 12.0 Å². The largest absolute Gasteiger partial charge is 0.456 e. The van der Waals surface area contributed by atoms with Crippen molar-refractivity contribution in [3.8, 4) is 11.5 Å². The van der Waals surface area contributed by atoms with Crippen LogP contribution in [0, 0.1) is 0 Å². The molecule has 0 radical (unpaired) electrons. The average Bonchev–Trinajstić information content (AvgIpc) is 2.41. The van der Waals surface area contributed by atoms with Gasteiger partial charge in [-0.1, -0.05) is 6.07 Å². The number of ether oxygens (including phenoxy) is 1. The van der Waals surface area contributed by atoms with Crippen LogP contribution in [0.3, 0.4) is 0 Å². The molecule has 0 heterocycles. The van der Waals surface area contributed by atoms with Crippen LogP contribution in [0.5, 0.6) is 11.5 Å². The smallest absolute Gasteiger partial charge is 0.248 e. The number of aliphatic hydroxyl groups is 1. The first-order chi connectivity index (χ1) is 9.47. The van der Waals surface area contributed by atoms with Gasteiger partial charge in [0.25, 0.3) is 0 Å². The van der Waals surface area contributed by atoms with Crippen molar-refractivity contribution in [3.05, 3.63) is 58.1 Å². The van der Waals surface area contributed by atoms with Gasteiger partial charge in [-0.3, -0.25) is 4.79 Å².